The van der Waals surface area contributed by atoms with Crippen LogP contribution in [0.3, 0.4) is 0 Å². The predicted molar refractivity (Wildman–Crippen MR) is 124 cm³/mol. The summed E-state index contributed by atoms with van der Waals surface area (Å²) >= 11 is 0. The fraction of sp³-hybridized carbons (Fsp3) is 0.167. The highest BCUT2D eigenvalue weighted by atomic mass is 19.1. The zero-order chi connectivity index (χ0) is 24.4. The van der Waals surface area contributed by atoms with E-state index in [1.54, 1.807) is 49.4 Å². The van der Waals surface area contributed by atoms with Crippen molar-refractivity contribution in [2.45, 2.75) is 26.8 Å². The number of hydrogen-bond donors (Lipinski definition) is 3. The Morgan fingerprint density at radius 3 is 2.44 bits per heavy atom. The van der Waals surface area contributed by atoms with Crippen molar-refractivity contribution >= 4 is 22.7 Å². The summed E-state index contributed by atoms with van der Waals surface area (Å²) in [6.45, 7) is 3.58. The zero-order valence-electron chi connectivity index (χ0n) is 18.5. The first-order valence-electron chi connectivity index (χ1n) is 10.5. The Kier molecular flexibility index (Phi) is 6.13. The van der Waals surface area contributed by atoms with Crippen LogP contribution >= 0.6 is 0 Å². The molecule has 0 fully saturated rings. The zero-order valence-corrected chi connectivity index (χ0v) is 18.5. The number of rotatable bonds is 5. The summed E-state index contributed by atoms with van der Waals surface area (Å²) in [5.74, 6) is -1.38. The highest BCUT2D eigenvalue weighted by Gasteiger charge is 2.17. The molecule has 0 saturated carbocycles. The maximum Gasteiger partial charge on any atom is 0.328 e. The summed E-state index contributed by atoms with van der Waals surface area (Å²) in [5.41, 5.74) is 6.49. The van der Waals surface area contributed by atoms with Crippen molar-refractivity contribution in [3.8, 4) is 5.69 Å². The number of H-pyrrole nitrogens is 1. The van der Waals surface area contributed by atoms with Crippen LogP contribution in [0.4, 0.5) is 4.39 Å². The van der Waals surface area contributed by atoms with Crippen molar-refractivity contribution in [1.82, 2.24) is 25.0 Å². The third kappa shape index (κ3) is 4.38. The number of nitrogens with zero attached hydrogens (tertiary/aromatic N) is 2. The number of carbonyl (C=O) groups excluding carboxylic acids is 2. The SMILES string of the molecule is Cc1cc(C(=O)NNC(=O)CCn2c(=O)[nH]c(=O)c3ccccc32)c(C)n1-c1ccc(F)cc1. The molecular formula is C24H22FN5O4. The number of hydrogen-bond acceptors (Lipinski definition) is 4. The molecule has 0 aliphatic carbocycles. The van der Waals surface area contributed by atoms with Gasteiger partial charge in [-0.2, -0.15) is 0 Å². The van der Waals surface area contributed by atoms with Gasteiger partial charge in [-0.15, -0.1) is 0 Å². The molecule has 0 bridgehead atoms. The summed E-state index contributed by atoms with van der Waals surface area (Å²) in [6.07, 6.45) is -0.106. The van der Waals surface area contributed by atoms with E-state index in [0.29, 0.717) is 27.8 Å². The lowest BCUT2D eigenvalue weighted by Crippen LogP contribution is -2.42. The van der Waals surface area contributed by atoms with Gasteiger partial charge in [0.05, 0.1) is 16.5 Å². The molecule has 2 amide bonds. The predicted octanol–water partition coefficient (Wildman–Crippen LogP) is 2.09. The van der Waals surface area contributed by atoms with Crippen LogP contribution in [0.5, 0.6) is 0 Å². The third-order valence-electron chi connectivity index (χ3n) is 5.54. The first-order chi connectivity index (χ1) is 16.3. The van der Waals surface area contributed by atoms with Crippen LogP contribution in [0.1, 0.15) is 28.2 Å². The van der Waals surface area contributed by atoms with Gasteiger partial charge in [-0.1, -0.05) is 12.1 Å². The lowest BCUT2D eigenvalue weighted by Gasteiger charge is -2.11. The van der Waals surface area contributed by atoms with Crippen LogP contribution in [-0.4, -0.2) is 25.9 Å². The number of carbonyl (C=O) groups is 2. The molecule has 0 radical (unpaired) electrons. The van der Waals surface area contributed by atoms with Crippen LogP contribution in [0, 0.1) is 19.7 Å². The van der Waals surface area contributed by atoms with Crippen molar-refractivity contribution in [1.29, 1.82) is 0 Å². The third-order valence-corrected chi connectivity index (χ3v) is 5.54. The molecule has 10 heteroatoms. The normalized spacial score (nSPS) is 10.9. The standard InChI is InChI=1S/C24H22FN5O4/c1-14-13-19(15(2)30(14)17-9-7-16(25)8-10-17)23(33)28-27-21(31)11-12-29-20-6-4-3-5-18(20)22(32)26-24(29)34/h3-10,13H,11-12H2,1-2H3,(H,27,31)(H,28,33)(H,26,32,34). The molecule has 0 saturated heterocycles. The summed E-state index contributed by atoms with van der Waals surface area (Å²) in [7, 11) is 0. The van der Waals surface area contributed by atoms with Crippen molar-refractivity contribution < 1.29 is 14.0 Å². The van der Waals surface area contributed by atoms with E-state index in [1.807, 2.05) is 11.5 Å². The Labute approximate surface area is 192 Å². The molecule has 2 aromatic carbocycles. The minimum atomic E-state index is -0.617. The second kappa shape index (κ2) is 9.18. The van der Waals surface area contributed by atoms with Gasteiger partial charge >= 0.3 is 5.69 Å². The van der Waals surface area contributed by atoms with Crippen LogP contribution in [-0.2, 0) is 11.3 Å². The molecule has 0 aliphatic heterocycles. The summed E-state index contributed by atoms with van der Waals surface area (Å²) < 4.78 is 16.4. The van der Waals surface area contributed by atoms with Crippen LogP contribution in [0.25, 0.3) is 16.6 Å². The summed E-state index contributed by atoms with van der Waals surface area (Å²) in [5, 5.41) is 0.340. The van der Waals surface area contributed by atoms with Gasteiger partial charge in [-0.05, 0) is 56.3 Å². The van der Waals surface area contributed by atoms with Gasteiger partial charge in [0, 0.05) is 30.0 Å². The van der Waals surface area contributed by atoms with Crippen molar-refractivity contribution in [2.75, 3.05) is 0 Å². The number of fused-ring (bicyclic) bond motifs is 1. The fourth-order valence-corrected chi connectivity index (χ4v) is 3.91. The Hall–Kier alpha value is -4.47. The van der Waals surface area contributed by atoms with E-state index in [1.165, 1.54) is 16.7 Å². The van der Waals surface area contributed by atoms with E-state index >= 15 is 0 Å². The minimum absolute atomic E-state index is 0.0108. The number of aryl methyl sites for hydroxylation is 2. The molecule has 0 aliphatic rings. The number of aromatic nitrogens is 3. The molecule has 9 nitrogen and oxygen atoms in total. The molecule has 174 valence electrons. The largest absolute Gasteiger partial charge is 0.328 e. The number of halogens is 1. The number of nitrogens with one attached hydrogen (secondary N) is 3. The average Bonchev–Trinajstić information content (AvgIpc) is 3.12. The highest BCUT2D eigenvalue weighted by molar-refractivity contribution is 5.97. The average molecular weight is 463 g/mol. The maximum atomic E-state index is 13.3. The summed E-state index contributed by atoms with van der Waals surface area (Å²) in [6, 6.07) is 14.2. The van der Waals surface area contributed by atoms with Crippen LogP contribution < -0.4 is 22.1 Å². The second-order valence-electron chi connectivity index (χ2n) is 7.78. The van der Waals surface area contributed by atoms with Crippen LogP contribution in [0.2, 0.25) is 0 Å². The molecule has 4 aromatic rings. The van der Waals surface area contributed by atoms with Gasteiger partial charge in [-0.3, -0.25) is 34.8 Å². The fourth-order valence-electron chi connectivity index (χ4n) is 3.91. The number of hydrazine groups is 1. The number of benzene rings is 2. The van der Waals surface area contributed by atoms with Gasteiger partial charge in [0.25, 0.3) is 11.5 Å². The first kappa shape index (κ1) is 22.7. The maximum absolute atomic E-state index is 13.3. The van der Waals surface area contributed by atoms with Gasteiger partial charge in [0.2, 0.25) is 5.91 Å². The van der Waals surface area contributed by atoms with E-state index in [2.05, 4.69) is 15.8 Å². The summed E-state index contributed by atoms with van der Waals surface area (Å²) in [4.78, 5) is 51.4. The lowest BCUT2D eigenvalue weighted by molar-refractivity contribution is -0.122. The second-order valence-corrected chi connectivity index (χ2v) is 7.78. The van der Waals surface area contributed by atoms with Crippen molar-refractivity contribution in [2.24, 2.45) is 0 Å². The van der Waals surface area contributed by atoms with E-state index in [4.69, 9.17) is 0 Å². The Bertz CT molecular complexity index is 1520. The molecule has 2 heterocycles. The van der Waals surface area contributed by atoms with E-state index in [-0.39, 0.29) is 18.8 Å². The highest BCUT2D eigenvalue weighted by Crippen LogP contribution is 2.21. The monoisotopic (exact) mass is 463 g/mol. The first-order valence-corrected chi connectivity index (χ1v) is 10.5. The topological polar surface area (TPSA) is 118 Å². The van der Waals surface area contributed by atoms with E-state index in [9.17, 15) is 23.6 Å². The van der Waals surface area contributed by atoms with Gasteiger partial charge in [0.15, 0.2) is 0 Å². The number of para-hydroxylation sites is 1. The molecule has 0 atom stereocenters. The van der Waals surface area contributed by atoms with Gasteiger partial charge in [-0.25, -0.2) is 9.18 Å². The molecule has 0 unspecified atom stereocenters. The van der Waals surface area contributed by atoms with E-state index < -0.39 is 23.1 Å². The number of amides is 2. The van der Waals surface area contributed by atoms with Gasteiger partial charge in [0.1, 0.15) is 5.82 Å². The Balaban J connectivity index is 1.43. The molecule has 0 spiro atoms. The molecule has 2 aromatic heterocycles. The lowest BCUT2D eigenvalue weighted by atomic mass is 10.2. The smallest absolute Gasteiger partial charge is 0.318 e. The van der Waals surface area contributed by atoms with Crippen molar-refractivity contribution in [3.05, 3.63) is 98.2 Å². The van der Waals surface area contributed by atoms with Crippen LogP contribution in [0.15, 0.2) is 64.2 Å². The number of aromatic amines is 1. The van der Waals surface area contributed by atoms with E-state index in [0.717, 1.165) is 5.69 Å². The Morgan fingerprint density at radius 1 is 1.00 bits per heavy atom. The molecular weight excluding hydrogens is 441 g/mol. The van der Waals surface area contributed by atoms with Gasteiger partial charge < -0.3 is 4.57 Å². The van der Waals surface area contributed by atoms with Crippen molar-refractivity contribution in [3.63, 3.8) is 0 Å². The molecule has 3 N–H and O–H groups in total. The minimum Gasteiger partial charge on any atom is -0.318 e. The molecule has 34 heavy (non-hydrogen) atoms. The quantitative estimate of drug-likeness (QED) is 0.393. The molecule has 4 rings (SSSR count). The Morgan fingerprint density at radius 2 is 1.71 bits per heavy atom.